The van der Waals surface area contributed by atoms with Crippen LogP contribution in [0.2, 0.25) is 0 Å². The van der Waals surface area contributed by atoms with Gasteiger partial charge >= 0.3 is 0 Å². The number of carbonyl (C=O) groups is 4. The minimum atomic E-state index is -1.44. The summed E-state index contributed by atoms with van der Waals surface area (Å²) >= 11 is 0. The van der Waals surface area contributed by atoms with Crippen molar-refractivity contribution < 1.29 is 19.2 Å². The summed E-state index contributed by atoms with van der Waals surface area (Å²) in [6.45, 7) is 5.33. The molecule has 6 nitrogen and oxygen atoms in total. The molecule has 28 heavy (non-hydrogen) atoms. The summed E-state index contributed by atoms with van der Waals surface area (Å²) in [6.07, 6.45) is 0.784. The molecule has 2 aromatic carbocycles. The Kier molecular flexibility index (Phi) is 3.76. The van der Waals surface area contributed by atoms with Crippen LogP contribution in [-0.4, -0.2) is 23.4 Å². The second-order valence-electron chi connectivity index (χ2n) is 8.46. The second-order valence-corrected chi connectivity index (χ2v) is 8.46. The van der Waals surface area contributed by atoms with Crippen molar-refractivity contribution in [3.63, 3.8) is 0 Å². The first kappa shape index (κ1) is 18.3. The van der Waals surface area contributed by atoms with Crippen LogP contribution in [-0.2, 0) is 14.4 Å². The molecule has 144 valence electrons. The highest BCUT2D eigenvalue weighted by atomic mass is 16.2. The predicted octanol–water partition coefficient (Wildman–Crippen LogP) is 2.57. The number of hydrazine groups is 1. The van der Waals surface area contributed by atoms with Gasteiger partial charge in [-0.15, -0.1) is 0 Å². The van der Waals surface area contributed by atoms with Crippen molar-refractivity contribution in [2.75, 3.05) is 0 Å². The van der Waals surface area contributed by atoms with E-state index in [0.29, 0.717) is 18.4 Å². The van der Waals surface area contributed by atoms with Crippen molar-refractivity contribution in [2.24, 2.45) is 16.2 Å². The molecule has 4 rings (SSSR count). The number of ketones is 2. The van der Waals surface area contributed by atoms with E-state index < -0.39 is 39.6 Å². The van der Waals surface area contributed by atoms with Crippen molar-refractivity contribution in [1.82, 2.24) is 10.9 Å². The highest BCUT2D eigenvalue weighted by Crippen LogP contribution is 2.68. The van der Waals surface area contributed by atoms with Crippen LogP contribution in [0, 0.1) is 16.2 Å². The first-order chi connectivity index (χ1) is 13.2. The number of hydrogen-bond donors (Lipinski definition) is 2. The van der Waals surface area contributed by atoms with Crippen LogP contribution in [0.15, 0.2) is 42.5 Å². The zero-order valence-electron chi connectivity index (χ0n) is 16.1. The van der Waals surface area contributed by atoms with E-state index >= 15 is 0 Å². The second kappa shape index (κ2) is 5.74. The fraction of sp³-hybridized carbons (Fsp3) is 0.364. The van der Waals surface area contributed by atoms with E-state index in [9.17, 15) is 19.2 Å². The van der Waals surface area contributed by atoms with E-state index in [0.717, 1.165) is 10.8 Å². The molecule has 0 saturated heterocycles. The first-order valence-corrected chi connectivity index (χ1v) is 9.34. The maximum Gasteiger partial charge on any atom is 0.270 e. The van der Waals surface area contributed by atoms with Crippen LogP contribution in [0.4, 0.5) is 0 Å². The number of benzene rings is 2. The Morgan fingerprint density at radius 3 is 2.21 bits per heavy atom. The zero-order valence-corrected chi connectivity index (χ0v) is 16.1. The van der Waals surface area contributed by atoms with Gasteiger partial charge in [-0.05, 0) is 35.1 Å². The largest absolute Gasteiger partial charge is 0.290 e. The van der Waals surface area contributed by atoms with Gasteiger partial charge in [-0.2, -0.15) is 0 Å². The van der Waals surface area contributed by atoms with Crippen LogP contribution in [0.25, 0.3) is 10.8 Å². The molecule has 0 radical (unpaired) electrons. The van der Waals surface area contributed by atoms with E-state index in [1.807, 2.05) is 30.3 Å². The number of amides is 2. The van der Waals surface area contributed by atoms with E-state index in [4.69, 9.17) is 0 Å². The molecular formula is C22H22N2O4. The first-order valence-electron chi connectivity index (χ1n) is 9.34. The lowest BCUT2D eigenvalue weighted by molar-refractivity contribution is -0.149. The number of fused-ring (bicyclic) bond motifs is 3. The molecule has 0 aromatic heterocycles. The molecule has 6 heteroatoms. The third kappa shape index (κ3) is 2.03. The molecule has 2 N–H and O–H groups in total. The van der Waals surface area contributed by atoms with Crippen LogP contribution < -0.4 is 10.9 Å². The number of hydrogen-bond acceptors (Lipinski definition) is 4. The Bertz CT molecular complexity index is 1050. The Hall–Kier alpha value is -3.02. The smallest absolute Gasteiger partial charge is 0.270 e. The average molecular weight is 378 g/mol. The summed E-state index contributed by atoms with van der Waals surface area (Å²) in [7, 11) is 0. The van der Waals surface area contributed by atoms with E-state index in [2.05, 4.69) is 10.9 Å². The Balaban J connectivity index is 1.59. The highest BCUT2D eigenvalue weighted by Gasteiger charge is 2.77. The number of Topliss-reactive ketones (excluding diaryl/α,β-unsaturated/α-hetero) is 2. The molecule has 2 fully saturated rings. The maximum absolute atomic E-state index is 13.0. The molecule has 0 spiro atoms. The number of carbonyl (C=O) groups excluding carboxylic acids is 4. The van der Waals surface area contributed by atoms with Gasteiger partial charge in [-0.25, -0.2) is 0 Å². The normalized spacial score (nSPS) is 27.8. The van der Waals surface area contributed by atoms with E-state index in [1.54, 1.807) is 32.9 Å². The van der Waals surface area contributed by atoms with Gasteiger partial charge in [0, 0.05) is 11.0 Å². The number of nitrogens with one attached hydrogen (secondary N) is 2. The van der Waals surface area contributed by atoms with Crippen molar-refractivity contribution >= 4 is 34.2 Å². The molecule has 2 aromatic rings. The van der Waals surface area contributed by atoms with Crippen LogP contribution in [0.1, 0.15) is 44.0 Å². The Morgan fingerprint density at radius 2 is 1.54 bits per heavy atom. The molecular weight excluding hydrogens is 356 g/mol. The summed E-state index contributed by atoms with van der Waals surface area (Å²) in [5, 5.41) is 1.67. The fourth-order valence-electron chi connectivity index (χ4n) is 4.98. The summed E-state index contributed by atoms with van der Waals surface area (Å²) in [4.78, 5) is 50.9. The minimum Gasteiger partial charge on any atom is -0.290 e. The number of rotatable bonds is 2. The lowest BCUT2D eigenvalue weighted by Gasteiger charge is -2.36. The van der Waals surface area contributed by atoms with Gasteiger partial charge in [0.1, 0.15) is 5.41 Å². The summed E-state index contributed by atoms with van der Waals surface area (Å²) in [5.41, 5.74) is 2.16. The topological polar surface area (TPSA) is 92.3 Å². The molecule has 0 aliphatic heterocycles. The van der Waals surface area contributed by atoms with Crippen molar-refractivity contribution in [1.29, 1.82) is 0 Å². The molecule has 2 atom stereocenters. The van der Waals surface area contributed by atoms with Crippen molar-refractivity contribution in [2.45, 2.75) is 33.6 Å². The lowest BCUT2D eigenvalue weighted by atomic mass is 9.64. The molecule has 2 unspecified atom stereocenters. The maximum atomic E-state index is 13.0. The molecule has 2 aliphatic rings. The molecule has 2 aliphatic carbocycles. The van der Waals surface area contributed by atoms with Gasteiger partial charge in [-0.1, -0.05) is 57.2 Å². The fourth-order valence-corrected chi connectivity index (χ4v) is 4.98. The molecule has 2 saturated carbocycles. The average Bonchev–Trinajstić information content (AvgIpc) is 2.97. The predicted molar refractivity (Wildman–Crippen MR) is 103 cm³/mol. The Morgan fingerprint density at radius 1 is 0.857 bits per heavy atom. The quantitative estimate of drug-likeness (QED) is 0.477. The van der Waals surface area contributed by atoms with Gasteiger partial charge in [0.05, 0.1) is 0 Å². The highest BCUT2D eigenvalue weighted by molar-refractivity contribution is 6.48. The molecule has 0 heterocycles. The monoisotopic (exact) mass is 378 g/mol. The van der Waals surface area contributed by atoms with Gasteiger partial charge < -0.3 is 0 Å². The Labute approximate surface area is 162 Å². The minimum absolute atomic E-state index is 0.303. The van der Waals surface area contributed by atoms with E-state index in [1.165, 1.54) is 0 Å². The van der Waals surface area contributed by atoms with Crippen LogP contribution in [0.3, 0.4) is 0 Å². The zero-order chi connectivity index (χ0) is 20.3. The van der Waals surface area contributed by atoms with Crippen LogP contribution in [0.5, 0.6) is 0 Å². The lowest BCUT2D eigenvalue weighted by Crippen LogP contribution is -2.55. The summed E-state index contributed by atoms with van der Waals surface area (Å²) in [5.74, 6) is -2.23. The van der Waals surface area contributed by atoms with E-state index in [-0.39, 0.29) is 0 Å². The van der Waals surface area contributed by atoms with Gasteiger partial charge in [0.25, 0.3) is 11.8 Å². The molecule has 2 amide bonds. The van der Waals surface area contributed by atoms with Gasteiger partial charge in [0.2, 0.25) is 11.6 Å². The third-order valence-electron chi connectivity index (χ3n) is 7.25. The summed E-state index contributed by atoms with van der Waals surface area (Å²) in [6, 6.07) is 12.8. The van der Waals surface area contributed by atoms with Crippen molar-refractivity contribution in [3.8, 4) is 0 Å². The molecule has 2 bridgehead atoms. The summed E-state index contributed by atoms with van der Waals surface area (Å²) < 4.78 is 0. The standard InChI is InChI=1S/C22H22N2O4/c1-20(2)21(3)11-12-22(20,17(26)16(21)25)19(28)24-23-18(27)15-10-6-8-13-7-4-5-9-14(13)15/h4-10H,11-12H2,1-3H3,(H,23,27)(H,24,28). The van der Waals surface area contributed by atoms with Crippen molar-refractivity contribution in [3.05, 3.63) is 48.0 Å². The SMILES string of the molecule is CC12CCC(C(=O)NNC(=O)c3cccc4ccccc34)(C(=O)C1=O)C2(C)C. The third-order valence-corrected chi connectivity index (χ3v) is 7.25. The van der Waals surface area contributed by atoms with Crippen LogP contribution >= 0.6 is 0 Å². The van der Waals surface area contributed by atoms with Gasteiger partial charge in [0.15, 0.2) is 0 Å². The van der Waals surface area contributed by atoms with Gasteiger partial charge in [-0.3, -0.25) is 30.0 Å².